The van der Waals surface area contributed by atoms with Gasteiger partial charge in [0, 0.05) is 36.4 Å². The van der Waals surface area contributed by atoms with Crippen LogP contribution in [0.3, 0.4) is 0 Å². The molecule has 2 saturated heterocycles. The standard InChI is InChI=1S/C37H44FN3O3/c1-27(41-23-18-31(19-24-41)37(44)39-26-29-7-6-8-32(38)25-29)33-15-14-30(34-9-2-3-10-35(33)34)13-12-28-16-21-40(22-17-28)20-5-4-11-36(42)43/h2-3,6-10,14-15,25,27-28,31H,4-5,11,16-24,26H2,1H3,(H,39,44)(H,42,43). The number of benzene rings is 3. The molecule has 0 aliphatic carbocycles. The predicted molar refractivity (Wildman–Crippen MR) is 172 cm³/mol. The van der Waals surface area contributed by atoms with Gasteiger partial charge in [0.05, 0.1) is 0 Å². The van der Waals surface area contributed by atoms with Crippen LogP contribution in [-0.2, 0) is 16.1 Å². The highest BCUT2D eigenvalue weighted by atomic mass is 19.1. The Labute approximate surface area is 260 Å². The van der Waals surface area contributed by atoms with Crippen LogP contribution < -0.4 is 5.32 Å². The lowest BCUT2D eigenvalue weighted by atomic mass is 9.91. The molecule has 1 amide bonds. The molecule has 0 aromatic heterocycles. The van der Waals surface area contributed by atoms with Crippen LogP contribution in [0.2, 0.25) is 0 Å². The first-order chi connectivity index (χ1) is 21.4. The van der Waals surface area contributed by atoms with Crippen LogP contribution in [0, 0.1) is 29.5 Å². The topological polar surface area (TPSA) is 72.9 Å². The van der Waals surface area contributed by atoms with Crippen LogP contribution in [0.4, 0.5) is 4.39 Å². The van der Waals surface area contributed by atoms with Crippen molar-refractivity contribution in [2.75, 3.05) is 32.7 Å². The van der Waals surface area contributed by atoms with Crippen molar-refractivity contribution >= 4 is 22.6 Å². The van der Waals surface area contributed by atoms with E-state index in [-0.39, 0.29) is 30.1 Å². The van der Waals surface area contributed by atoms with E-state index in [9.17, 15) is 14.0 Å². The van der Waals surface area contributed by atoms with Crippen molar-refractivity contribution in [3.8, 4) is 11.8 Å². The number of aliphatic carboxylic acids is 1. The maximum absolute atomic E-state index is 13.5. The second-order valence-electron chi connectivity index (χ2n) is 12.3. The van der Waals surface area contributed by atoms with Crippen LogP contribution in [0.1, 0.15) is 74.6 Å². The number of carbonyl (C=O) groups excluding carboxylic acids is 1. The molecule has 0 saturated carbocycles. The minimum Gasteiger partial charge on any atom is -0.481 e. The van der Waals surface area contributed by atoms with Crippen molar-refractivity contribution in [2.45, 2.75) is 64.5 Å². The van der Waals surface area contributed by atoms with Gasteiger partial charge in [0.15, 0.2) is 0 Å². The van der Waals surface area contributed by atoms with Crippen molar-refractivity contribution < 1.29 is 19.1 Å². The van der Waals surface area contributed by atoms with Crippen molar-refractivity contribution in [3.63, 3.8) is 0 Å². The monoisotopic (exact) mass is 597 g/mol. The molecule has 2 heterocycles. The van der Waals surface area contributed by atoms with Crippen molar-refractivity contribution in [1.29, 1.82) is 0 Å². The summed E-state index contributed by atoms with van der Waals surface area (Å²) in [6.07, 6.45) is 5.65. The summed E-state index contributed by atoms with van der Waals surface area (Å²) in [6, 6.07) is 19.5. The third kappa shape index (κ3) is 8.46. The average Bonchev–Trinajstić information content (AvgIpc) is 3.04. The molecule has 2 aliphatic heterocycles. The Morgan fingerprint density at radius 2 is 1.70 bits per heavy atom. The lowest BCUT2D eigenvalue weighted by Crippen LogP contribution is -2.41. The molecule has 232 valence electrons. The summed E-state index contributed by atoms with van der Waals surface area (Å²) in [7, 11) is 0. The fraction of sp³-hybridized carbons (Fsp3) is 0.459. The summed E-state index contributed by atoms with van der Waals surface area (Å²) in [5, 5.41) is 14.2. The van der Waals surface area contributed by atoms with Crippen LogP contribution in [0.25, 0.3) is 10.8 Å². The molecule has 0 bridgehead atoms. The molecule has 0 spiro atoms. The van der Waals surface area contributed by atoms with E-state index in [1.54, 1.807) is 6.07 Å². The Balaban J connectivity index is 1.15. The van der Waals surface area contributed by atoms with Crippen LogP contribution >= 0.6 is 0 Å². The molecule has 3 aromatic rings. The zero-order valence-corrected chi connectivity index (χ0v) is 25.7. The quantitative estimate of drug-likeness (QED) is 0.209. The van der Waals surface area contributed by atoms with E-state index < -0.39 is 5.97 Å². The molecule has 5 rings (SSSR count). The first-order valence-corrected chi connectivity index (χ1v) is 16.1. The number of fused-ring (bicyclic) bond motifs is 1. The SMILES string of the molecule is CC(c1ccc(C#CC2CCN(CCCCC(=O)O)CC2)c2ccccc12)N1CCC(C(=O)NCc2cccc(F)c2)CC1. The highest BCUT2D eigenvalue weighted by molar-refractivity contribution is 5.91. The van der Waals surface area contributed by atoms with Gasteiger partial charge in [-0.25, -0.2) is 4.39 Å². The largest absolute Gasteiger partial charge is 0.481 e. The number of halogens is 1. The fourth-order valence-corrected chi connectivity index (χ4v) is 6.61. The summed E-state index contributed by atoms with van der Waals surface area (Å²) in [5.41, 5.74) is 3.13. The second kappa shape index (κ2) is 15.3. The van der Waals surface area contributed by atoms with E-state index in [2.05, 4.69) is 70.3 Å². The number of likely N-dealkylation sites (tertiary alicyclic amines) is 2. The van der Waals surface area contributed by atoms with E-state index >= 15 is 0 Å². The fourth-order valence-electron chi connectivity index (χ4n) is 6.61. The maximum Gasteiger partial charge on any atom is 0.303 e. The Morgan fingerprint density at radius 1 is 0.955 bits per heavy atom. The van der Waals surface area contributed by atoms with E-state index in [1.165, 1.54) is 28.5 Å². The lowest BCUT2D eigenvalue weighted by Gasteiger charge is -2.36. The summed E-state index contributed by atoms with van der Waals surface area (Å²) in [5.74, 6) is 6.49. The number of nitrogens with zero attached hydrogens (tertiary/aromatic N) is 2. The van der Waals surface area contributed by atoms with Gasteiger partial charge < -0.3 is 15.3 Å². The van der Waals surface area contributed by atoms with Gasteiger partial charge in [-0.3, -0.25) is 14.5 Å². The van der Waals surface area contributed by atoms with E-state index in [1.807, 2.05) is 6.07 Å². The van der Waals surface area contributed by atoms with Gasteiger partial charge in [-0.1, -0.05) is 54.3 Å². The van der Waals surface area contributed by atoms with Gasteiger partial charge in [-0.2, -0.15) is 0 Å². The van der Waals surface area contributed by atoms with Gasteiger partial charge >= 0.3 is 5.97 Å². The molecule has 2 N–H and O–H groups in total. The molecule has 0 radical (unpaired) electrons. The zero-order valence-electron chi connectivity index (χ0n) is 25.7. The first kappa shape index (κ1) is 31.7. The lowest BCUT2D eigenvalue weighted by molar-refractivity contribution is -0.137. The van der Waals surface area contributed by atoms with Crippen LogP contribution in [0.5, 0.6) is 0 Å². The van der Waals surface area contributed by atoms with Gasteiger partial charge in [0.1, 0.15) is 5.82 Å². The summed E-state index contributed by atoms with van der Waals surface area (Å²) < 4.78 is 13.5. The highest BCUT2D eigenvalue weighted by Crippen LogP contribution is 2.33. The highest BCUT2D eigenvalue weighted by Gasteiger charge is 2.28. The van der Waals surface area contributed by atoms with Crippen molar-refractivity contribution in [3.05, 3.63) is 83.2 Å². The Morgan fingerprint density at radius 3 is 2.43 bits per heavy atom. The van der Waals surface area contributed by atoms with Gasteiger partial charge in [0.25, 0.3) is 0 Å². The Hall–Kier alpha value is -3.73. The molecule has 1 unspecified atom stereocenters. The molecule has 44 heavy (non-hydrogen) atoms. The number of unbranched alkanes of at least 4 members (excludes halogenated alkanes) is 1. The number of piperidine rings is 2. The van der Waals surface area contributed by atoms with E-state index in [4.69, 9.17) is 5.11 Å². The third-order valence-electron chi connectivity index (χ3n) is 9.33. The normalized spacial score (nSPS) is 17.6. The molecular weight excluding hydrogens is 553 g/mol. The third-order valence-corrected chi connectivity index (χ3v) is 9.33. The maximum atomic E-state index is 13.5. The zero-order chi connectivity index (χ0) is 30.9. The van der Waals surface area contributed by atoms with E-state index in [0.717, 1.165) is 82.4 Å². The summed E-state index contributed by atoms with van der Waals surface area (Å²) in [6.45, 7) is 7.33. The number of carboxylic acid groups (broad SMARTS) is 1. The molecule has 7 heteroatoms. The number of rotatable bonds is 10. The number of carbonyl (C=O) groups is 2. The van der Waals surface area contributed by atoms with Crippen LogP contribution in [0.15, 0.2) is 60.7 Å². The summed E-state index contributed by atoms with van der Waals surface area (Å²) in [4.78, 5) is 28.5. The van der Waals surface area contributed by atoms with Gasteiger partial charge in [-0.15, -0.1) is 0 Å². The number of nitrogens with one attached hydrogen (secondary N) is 1. The van der Waals surface area contributed by atoms with Gasteiger partial charge in [-0.05, 0) is 118 Å². The molecule has 2 fully saturated rings. The Kier molecular flexibility index (Phi) is 11.0. The number of hydrogen-bond acceptors (Lipinski definition) is 4. The van der Waals surface area contributed by atoms with Crippen LogP contribution in [-0.4, -0.2) is 59.5 Å². The molecule has 1 atom stereocenters. The first-order valence-electron chi connectivity index (χ1n) is 16.1. The summed E-state index contributed by atoms with van der Waals surface area (Å²) >= 11 is 0. The van der Waals surface area contributed by atoms with Gasteiger partial charge in [0.2, 0.25) is 5.91 Å². The van der Waals surface area contributed by atoms with Crippen molar-refractivity contribution in [2.24, 2.45) is 11.8 Å². The molecule has 6 nitrogen and oxygen atoms in total. The Bertz CT molecular complexity index is 1500. The average molecular weight is 598 g/mol. The second-order valence-corrected chi connectivity index (χ2v) is 12.3. The number of hydrogen-bond donors (Lipinski definition) is 2. The minimum atomic E-state index is -0.712. The smallest absolute Gasteiger partial charge is 0.303 e. The van der Waals surface area contributed by atoms with Crippen molar-refractivity contribution in [1.82, 2.24) is 15.1 Å². The molecular formula is C37H44FN3O3. The molecule has 2 aliphatic rings. The van der Waals surface area contributed by atoms with E-state index in [0.29, 0.717) is 12.5 Å². The predicted octanol–water partition coefficient (Wildman–Crippen LogP) is 6.39. The minimum absolute atomic E-state index is 0.0230. The number of amides is 1. The molecule has 3 aromatic carbocycles. The number of carboxylic acids is 1.